The van der Waals surface area contributed by atoms with Crippen molar-refractivity contribution in [2.75, 3.05) is 7.05 Å². The summed E-state index contributed by atoms with van der Waals surface area (Å²) in [7, 11) is 1.96. The van der Waals surface area contributed by atoms with E-state index in [0.29, 0.717) is 12.5 Å². The van der Waals surface area contributed by atoms with Crippen LogP contribution in [0.5, 0.6) is 5.75 Å². The van der Waals surface area contributed by atoms with Gasteiger partial charge in [0.15, 0.2) is 0 Å². The van der Waals surface area contributed by atoms with Crippen LogP contribution in [-0.4, -0.2) is 12.0 Å². The van der Waals surface area contributed by atoms with Gasteiger partial charge in [-0.05, 0) is 20.0 Å². The summed E-state index contributed by atoms with van der Waals surface area (Å²) >= 11 is 1.70. The molecular weight excluding hydrogens is 268 g/mol. The summed E-state index contributed by atoms with van der Waals surface area (Å²) in [6.45, 7) is 6.97. The fourth-order valence-corrected chi connectivity index (χ4v) is 2.75. The van der Waals surface area contributed by atoms with Crippen molar-refractivity contribution in [2.24, 2.45) is 0 Å². The fraction of sp³-hybridized carbons (Fsp3) is 0.438. The number of hydrogen-bond donors (Lipinski definition) is 1. The second kappa shape index (κ2) is 6.86. The Morgan fingerprint density at radius 3 is 2.65 bits per heavy atom. The normalized spacial score (nSPS) is 12.7. The minimum absolute atomic E-state index is 0.271. The molecule has 0 radical (unpaired) electrons. The maximum atomic E-state index is 5.94. The third-order valence-electron chi connectivity index (χ3n) is 3.26. The predicted octanol–water partition coefficient (Wildman–Crippen LogP) is 4.13. The van der Waals surface area contributed by atoms with E-state index in [9.17, 15) is 0 Å². The first-order valence-electron chi connectivity index (χ1n) is 6.95. The molecule has 1 heterocycles. The van der Waals surface area contributed by atoms with Crippen molar-refractivity contribution in [3.05, 3.63) is 45.9 Å². The largest absolute Gasteiger partial charge is 0.487 e. The van der Waals surface area contributed by atoms with Gasteiger partial charge in [0.2, 0.25) is 0 Å². The molecule has 1 atom stereocenters. The third kappa shape index (κ3) is 3.58. The smallest absolute Gasteiger partial charge is 0.131 e. The van der Waals surface area contributed by atoms with Crippen molar-refractivity contribution >= 4 is 11.3 Å². The molecule has 0 saturated heterocycles. The van der Waals surface area contributed by atoms with Crippen molar-refractivity contribution in [1.29, 1.82) is 0 Å². The molecule has 2 rings (SSSR count). The van der Waals surface area contributed by atoms with Gasteiger partial charge in [-0.25, -0.2) is 4.98 Å². The standard InChI is InChI=1S/C16H22N2OS/c1-11(2)16-18-13(10-20-16)9-19-15-8-6-5-7-14(15)12(3)17-4/h5-8,10-12,17H,9H2,1-4H3. The lowest BCUT2D eigenvalue weighted by Crippen LogP contribution is -2.13. The Labute approximate surface area is 125 Å². The highest BCUT2D eigenvalue weighted by Gasteiger charge is 2.11. The highest BCUT2D eigenvalue weighted by molar-refractivity contribution is 7.09. The van der Waals surface area contributed by atoms with E-state index < -0.39 is 0 Å². The van der Waals surface area contributed by atoms with E-state index in [0.717, 1.165) is 11.4 Å². The average molecular weight is 290 g/mol. The van der Waals surface area contributed by atoms with Gasteiger partial charge in [-0.1, -0.05) is 32.0 Å². The predicted molar refractivity (Wildman–Crippen MR) is 84.5 cm³/mol. The highest BCUT2D eigenvalue weighted by Crippen LogP contribution is 2.26. The van der Waals surface area contributed by atoms with Gasteiger partial charge >= 0.3 is 0 Å². The van der Waals surface area contributed by atoms with Crippen LogP contribution < -0.4 is 10.1 Å². The number of benzene rings is 1. The second-order valence-corrected chi connectivity index (χ2v) is 6.06. The molecular formula is C16H22N2OS. The van der Waals surface area contributed by atoms with E-state index >= 15 is 0 Å². The molecule has 1 N–H and O–H groups in total. The molecule has 0 aliphatic rings. The quantitative estimate of drug-likeness (QED) is 0.868. The SMILES string of the molecule is CNC(C)c1ccccc1OCc1csc(C(C)C)n1. The maximum absolute atomic E-state index is 5.94. The first-order valence-corrected chi connectivity index (χ1v) is 7.83. The lowest BCUT2D eigenvalue weighted by Gasteiger charge is -2.15. The number of nitrogens with zero attached hydrogens (tertiary/aromatic N) is 1. The molecule has 0 fully saturated rings. The minimum Gasteiger partial charge on any atom is -0.487 e. The fourth-order valence-electron chi connectivity index (χ4n) is 1.93. The second-order valence-electron chi connectivity index (χ2n) is 5.17. The van der Waals surface area contributed by atoms with Crippen LogP contribution in [0.4, 0.5) is 0 Å². The minimum atomic E-state index is 0.271. The first-order chi connectivity index (χ1) is 9.61. The topological polar surface area (TPSA) is 34.1 Å². The lowest BCUT2D eigenvalue weighted by molar-refractivity contribution is 0.296. The number of ether oxygens (including phenoxy) is 1. The third-order valence-corrected chi connectivity index (χ3v) is 4.45. The van der Waals surface area contributed by atoms with E-state index in [-0.39, 0.29) is 6.04 Å². The number of nitrogens with one attached hydrogen (secondary N) is 1. The number of para-hydroxylation sites is 1. The summed E-state index contributed by atoms with van der Waals surface area (Å²) in [4.78, 5) is 4.60. The van der Waals surface area contributed by atoms with Gasteiger partial charge in [0, 0.05) is 22.9 Å². The number of hydrogen-bond acceptors (Lipinski definition) is 4. The molecule has 4 heteroatoms. The molecule has 0 aliphatic carbocycles. The zero-order valence-electron chi connectivity index (χ0n) is 12.5. The van der Waals surface area contributed by atoms with E-state index in [1.54, 1.807) is 11.3 Å². The molecule has 0 bridgehead atoms. The van der Waals surface area contributed by atoms with E-state index in [1.165, 1.54) is 10.6 Å². The zero-order valence-corrected chi connectivity index (χ0v) is 13.3. The molecule has 1 aromatic carbocycles. The van der Waals surface area contributed by atoms with Gasteiger partial charge < -0.3 is 10.1 Å². The van der Waals surface area contributed by atoms with E-state index in [4.69, 9.17) is 4.74 Å². The monoisotopic (exact) mass is 290 g/mol. The summed E-state index contributed by atoms with van der Waals surface area (Å²) in [5, 5.41) is 6.50. The molecule has 0 amide bonds. The summed E-state index contributed by atoms with van der Waals surface area (Å²) in [5.74, 6) is 1.40. The maximum Gasteiger partial charge on any atom is 0.131 e. The van der Waals surface area contributed by atoms with Crippen LogP contribution >= 0.6 is 11.3 Å². The molecule has 20 heavy (non-hydrogen) atoms. The van der Waals surface area contributed by atoms with Crippen LogP contribution in [0.25, 0.3) is 0 Å². The molecule has 3 nitrogen and oxygen atoms in total. The van der Waals surface area contributed by atoms with Crippen molar-refractivity contribution < 1.29 is 4.74 Å². The van der Waals surface area contributed by atoms with Crippen LogP contribution in [0.2, 0.25) is 0 Å². The van der Waals surface area contributed by atoms with Crippen molar-refractivity contribution in [3.8, 4) is 5.75 Å². The summed E-state index contributed by atoms with van der Waals surface area (Å²) < 4.78 is 5.94. The molecule has 108 valence electrons. The first kappa shape index (κ1) is 15.0. The van der Waals surface area contributed by atoms with Gasteiger partial charge in [0.05, 0.1) is 10.7 Å². The summed E-state index contributed by atoms with van der Waals surface area (Å²) in [6.07, 6.45) is 0. The van der Waals surface area contributed by atoms with Crippen molar-refractivity contribution in [3.63, 3.8) is 0 Å². The number of aromatic nitrogens is 1. The van der Waals surface area contributed by atoms with Gasteiger partial charge in [0.1, 0.15) is 12.4 Å². The van der Waals surface area contributed by atoms with Crippen LogP contribution in [0, 0.1) is 0 Å². The molecule has 1 aromatic heterocycles. The van der Waals surface area contributed by atoms with Gasteiger partial charge in [-0.15, -0.1) is 11.3 Å². The lowest BCUT2D eigenvalue weighted by atomic mass is 10.1. The van der Waals surface area contributed by atoms with Crippen molar-refractivity contribution in [1.82, 2.24) is 10.3 Å². The Bertz CT molecular complexity index is 551. The Balaban J connectivity index is 2.06. The van der Waals surface area contributed by atoms with Crippen LogP contribution in [0.3, 0.4) is 0 Å². The molecule has 0 saturated carbocycles. The van der Waals surface area contributed by atoms with Crippen LogP contribution in [0.15, 0.2) is 29.6 Å². The molecule has 0 aliphatic heterocycles. The summed E-state index contributed by atoms with van der Waals surface area (Å²) in [5.41, 5.74) is 2.18. The Kier molecular flexibility index (Phi) is 5.15. The Morgan fingerprint density at radius 1 is 1.25 bits per heavy atom. The average Bonchev–Trinajstić information content (AvgIpc) is 2.93. The van der Waals surface area contributed by atoms with Gasteiger partial charge in [0.25, 0.3) is 0 Å². The highest BCUT2D eigenvalue weighted by atomic mass is 32.1. The van der Waals surface area contributed by atoms with Gasteiger partial charge in [-0.2, -0.15) is 0 Å². The van der Waals surface area contributed by atoms with E-state index in [1.807, 2.05) is 25.2 Å². The molecule has 0 spiro atoms. The zero-order chi connectivity index (χ0) is 14.5. The Hall–Kier alpha value is -1.39. The van der Waals surface area contributed by atoms with Crippen LogP contribution in [-0.2, 0) is 6.61 Å². The molecule has 1 unspecified atom stereocenters. The van der Waals surface area contributed by atoms with E-state index in [2.05, 4.69) is 42.5 Å². The number of thiazole rings is 1. The van der Waals surface area contributed by atoms with Crippen molar-refractivity contribution in [2.45, 2.75) is 39.3 Å². The van der Waals surface area contributed by atoms with Crippen LogP contribution in [0.1, 0.15) is 49.0 Å². The van der Waals surface area contributed by atoms with Gasteiger partial charge in [-0.3, -0.25) is 0 Å². The Morgan fingerprint density at radius 2 is 2.00 bits per heavy atom. The number of rotatable bonds is 6. The molecule has 2 aromatic rings. The summed E-state index contributed by atoms with van der Waals surface area (Å²) in [6, 6.07) is 8.42.